The summed E-state index contributed by atoms with van der Waals surface area (Å²) in [7, 11) is 0. The number of ether oxygens (including phenoxy) is 1. The Kier molecular flexibility index (Phi) is 5.43. The summed E-state index contributed by atoms with van der Waals surface area (Å²) in [5.41, 5.74) is -0.410. The average Bonchev–Trinajstić information content (AvgIpc) is 2.51. The lowest BCUT2D eigenvalue weighted by atomic mass is 9.61. The molecule has 1 aromatic rings. The van der Waals surface area contributed by atoms with Crippen molar-refractivity contribution in [2.45, 2.75) is 51.8 Å². The fourth-order valence-electron chi connectivity index (χ4n) is 4.29. The van der Waals surface area contributed by atoms with Crippen molar-refractivity contribution in [2.75, 3.05) is 19.7 Å². The van der Waals surface area contributed by atoms with Crippen LogP contribution < -0.4 is 4.74 Å². The average molecular weight is 385 g/mol. The Labute approximate surface area is 157 Å². The van der Waals surface area contributed by atoms with E-state index in [9.17, 15) is 23.1 Å². The van der Waals surface area contributed by atoms with Gasteiger partial charge in [0.05, 0.1) is 18.1 Å². The van der Waals surface area contributed by atoms with Crippen LogP contribution in [0.15, 0.2) is 18.2 Å². The lowest BCUT2D eigenvalue weighted by Gasteiger charge is -2.58. The molecule has 1 atom stereocenters. The van der Waals surface area contributed by atoms with Gasteiger partial charge in [-0.25, -0.2) is 0 Å². The molecule has 1 amide bonds. The van der Waals surface area contributed by atoms with E-state index in [4.69, 9.17) is 4.74 Å². The highest BCUT2D eigenvalue weighted by molar-refractivity contribution is 5.80. The number of benzene rings is 1. The predicted octanol–water partition coefficient (Wildman–Crippen LogP) is 3.79. The number of halogens is 3. The van der Waals surface area contributed by atoms with Crippen molar-refractivity contribution in [2.24, 2.45) is 11.3 Å². The molecule has 150 valence electrons. The first-order valence-electron chi connectivity index (χ1n) is 9.41. The highest BCUT2D eigenvalue weighted by atomic mass is 19.4. The van der Waals surface area contributed by atoms with E-state index in [1.165, 1.54) is 19.1 Å². The molecule has 0 bridgehead atoms. The monoisotopic (exact) mass is 385 g/mol. The minimum Gasteiger partial charge on any atom is -0.490 e. The van der Waals surface area contributed by atoms with Crippen LogP contribution in [0.2, 0.25) is 0 Å². The molecule has 1 N–H and O–H groups in total. The highest BCUT2D eigenvalue weighted by Gasteiger charge is 2.55. The van der Waals surface area contributed by atoms with Crippen molar-refractivity contribution >= 4 is 5.91 Å². The number of aliphatic hydroxyl groups is 1. The second kappa shape index (κ2) is 7.34. The van der Waals surface area contributed by atoms with Gasteiger partial charge in [-0.2, -0.15) is 13.2 Å². The van der Waals surface area contributed by atoms with Gasteiger partial charge in [-0.15, -0.1) is 0 Å². The molecule has 27 heavy (non-hydrogen) atoms. The lowest BCUT2D eigenvalue weighted by molar-refractivity contribution is -0.165. The summed E-state index contributed by atoms with van der Waals surface area (Å²) < 4.78 is 44.3. The molecule has 1 saturated carbocycles. The molecule has 1 saturated heterocycles. The summed E-state index contributed by atoms with van der Waals surface area (Å²) in [6.45, 7) is 4.66. The number of aliphatic hydroxyl groups excluding tert-OH is 1. The van der Waals surface area contributed by atoms with E-state index in [0.717, 1.165) is 25.3 Å². The smallest absolute Gasteiger partial charge is 0.416 e. The summed E-state index contributed by atoms with van der Waals surface area (Å²) in [5, 5.41) is 9.36. The van der Waals surface area contributed by atoms with Gasteiger partial charge in [0.1, 0.15) is 11.9 Å². The molecule has 1 aromatic carbocycles. The van der Waals surface area contributed by atoms with Crippen LogP contribution in [0.5, 0.6) is 5.75 Å². The van der Waals surface area contributed by atoms with Crippen molar-refractivity contribution in [3.05, 3.63) is 29.3 Å². The molecule has 0 radical (unpaired) electrons. The van der Waals surface area contributed by atoms with Gasteiger partial charge in [-0.3, -0.25) is 4.79 Å². The van der Waals surface area contributed by atoms with Crippen molar-refractivity contribution in [3.8, 4) is 5.75 Å². The van der Waals surface area contributed by atoms with Crippen molar-refractivity contribution in [1.29, 1.82) is 0 Å². The van der Waals surface area contributed by atoms with E-state index < -0.39 is 11.7 Å². The fourth-order valence-corrected chi connectivity index (χ4v) is 4.29. The molecule has 2 fully saturated rings. The SMILES string of the molecule is CCC[C@H](CO)C(=O)N1CC2(CC(Oc3ccc(C(F)(F)F)c(C)c3)C2)C1. The minimum absolute atomic E-state index is 0.0210. The quantitative estimate of drug-likeness (QED) is 0.811. The Bertz CT molecular complexity index is 690. The van der Waals surface area contributed by atoms with E-state index in [1.54, 1.807) is 4.90 Å². The maximum Gasteiger partial charge on any atom is 0.416 e. The van der Waals surface area contributed by atoms with Gasteiger partial charge in [-0.05, 0) is 49.9 Å². The summed E-state index contributed by atoms with van der Waals surface area (Å²) in [6, 6.07) is 3.86. The number of hydrogen-bond acceptors (Lipinski definition) is 3. The van der Waals surface area contributed by atoms with Crippen LogP contribution in [-0.2, 0) is 11.0 Å². The second-order valence-electron chi connectivity index (χ2n) is 7.99. The Morgan fingerprint density at radius 2 is 2.04 bits per heavy atom. The van der Waals surface area contributed by atoms with Crippen molar-refractivity contribution in [1.82, 2.24) is 4.90 Å². The van der Waals surface area contributed by atoms with Gasteiger partial charge in [0.2, 0.25) is 5.91 Å². The number of nitrogens with zero attached hydrogens (tertiary/aromatic N) is 1. The second-order valence-corrected chi connectivity index (χ2v) is 7.99. The summed E-state index contributed by atoms with van der Waals surface area (Å²) in [6.07, 6.45) is -1.23. The van der Waals surface area contributed by atoms with Crippen LogP contribution in [0.3, 0.4) is 0 Å². The van der Waals surface area contributed by atoms with E-state index in [-0.39, 0.29) is 35.5 Å². The largest absolute Gasteiger partial charge is 0.490 e. The van der Waals surface area contributed by atoms with Gasteiger partial charge < -0.3 is 14.7 Å². The third-order valence-electron chi connectivity index (χ3n) is 5.70. The molecule has 1 aliphatic heterocycles. The molecular weight excluding hydrogens is 359 g/mol. The molecule has 2 aliphatic rings. The molecule has 7 heteroatoms. The zero-order chi connectivity index (χ0) is 19.8. The van der Waals surface area contributed by atoms with E-state index in [2.05, 4.69) is 0 Å². The van der Waals surface area contributed by atoms with Gasteiger partial charge in [0.15, 0.2) is 0 Å². The minimum atomic E-state index is -4.35. The van der Waals surface area contributed by atoms with E-state index in [1.807, 2.05) is 6.92 Å². The van der Waals surface area contributed by atoms with E-state index in [0.29, 0.717) is 25.3 Å². The highest BCUT2D eigenvalue weighted by Crippen LogP contribution is 2.50. The number of aryl methyl sites for hydroxylation is 1. The third kappa shape index (κ3) is 4.08. The van der Waals surface area contributed by atoms with Gasteiger partial charge in [0, 0.05) is 18.5 Å². The Morgan fingerprint density at radius 1 is 1.37 bits per heavy atom. The van der Waals surface area contributed by atoms with Crippen LogP contribution in [-0.4, -0.2) is 41.7 Å². The van der Waals surface area contributed by atoms with Crippen LogP contribution in [0.4, 0.5) is 13.2 Å². The van der Waals surface area contributed by atoms with Crippen molar-refractivity contribution in [3.63, 3.8) is 0 Å². The molecule has 1 heterocycles. The number of carbonyl (C=O) groups is 1. The van der Waals surface area contributed by atoms with Crippen LogP contribution in [0, 0.1) is 18.3 Å². The molecule has 1 spiro atoms. The standard InChI is InChI=1S/C20H26F3NO3/c1-3-4-14(10-25)18(26)24-11-19(12-24)8-16(9-19)27-15-5-6-17(13(2)7-15)20(21,22)23/h5-7,14,16,25H,3-4,8-12H2,1-2H3/t14-/m1/s1. The zero-order valence-corrected chi connectivity index (χ0v) is 15.7. The summed E-state index contributed by atoms with van der Waals surface area (Å²) >= 11 is 0. The molecule has 4 nitrogen and oxygen atoms in total. The lowest BCUT2D eigenvalue weighted by Crippen LogP contribution is -2.66. The Balaban J connectivity index is 1.49. The van der Waals surface area contributed by atoms with Gasteiger partial charge in [-0.1, -0.05) is 13.3 Å². The topological polar surface area (TPSA) is 49.8 Å². The van der Waals surface area contributed by atoms with E-state index >= 15 is 0 Å². The number of hydrogen-bond donors (Lipinski definition) is 1. The number of likely N-dealkylation sites (tertiary alicyclic amines) is 1. The summed E-state index contributed by atoms with van der Waals surface area (Å²) in [4.78, 5) is 14.1. The number of alkyl halides is 3. The number of carbonyl (C=O) groups excluding carboxylic acids is 1. The molecule has 0 aromatic heterocycles. The maximum absolute atomic E-state index is 12.8. The Morgan fingerprint density at radius 3 is 2.56 bits per heavy atom. The van der Waals surface area contributed by atoms with Gasteiger partial charge >= 0.3 is 6.18 Å². The normalized spacial score (nSPS) is 20.1. The molecule has 3 rings (SSSR count). The molecule has 0 unspecified atom stereocenters. The number of rotatable bonds is 6. The fraction of sp³-hybridized carbons (Fsp3) is 0.650. The first-order valence-corrected chi connectivity index (χ1v) is 9.41. The Hall–Kier alpha value is -1.76. The molecule has 1 aliphatic carbocycles. The van der Waals surface area contributed by atoms with Gasteiger partial charge in [0.25, 0.3) is 0 Å². The van der Waals surface area contributed by atoms with Crippen LogP contribution in [0.25, 0.3) is 0 Å². The molecular formula is C20H26F3NO3. The third-order valence-corrected chi connectivity index (χ3v) is 5.70. The first kappa shape index (κ1) is 20.0. The number of amides is 1. The van der Waals surface area contributed by atoms with Crippen molar-refractivity contribution < 1.29 is 27.8 Å². The van der Waals surface area contributed by atoms with Crippen LogP contribution in [0.1, 0.15) is 43.7 Å². The first-order chi connectivity index (χ1) is 12.7. The van der Waals surface area contributed by atoms with Crippen LogP contribution >= 0.6 is 0 Å². The summed E-state index contributed by atoms with van der Waals surface area (Å²) in [5.74, 6) is 0.165. The predicted molar refractivity (Wildman–Crippen MR) is 94.3 cm³/mol. The maximum atomic E-state index is 12.8. The zero-order valence-electron chi connectivity index (χ0n) is 15.7.